The van der Waals surface area contributed by atoms with Crippen LogP contribution in [-0.4, -0.2) is 26.6 Å². The van der Waals surface area contributed by atoms with Gasteiger partial charge in [0.15, 0.2) is 6.61 Å². The Morgan fingerprint density at radius 3 is 2.45 bits per heavy atom. The standard InChI is InChI=1S/C16H16Cl2N2O2/c1-20(2)12-8-6-11(7-9-12)19-15(21)10-22-14-5-3-4-13(17)16(14)18/h3-9H,10H2,1-2H3,(H,19,21). The van der Waals surface area contributed by atoms with Crippen molar-refractivity contribution in [1.29, 1.82) is 0 Å². The highest BCUT2D eigenvalue weighted by Crippen LogP contribution is 2.31. The molecule has 4 nitrogen and oxygen atoms in total. The summed E-state index contributed by atoms with van der Waals surface area (Å²) in [5, 5.41) is 3.44. The molecule has 6 heteroatoms. The second-order valence-electron chi connectivity index (χ2n) is 4.83. The first-order valence-electron chi connectivity index (χ1n) is 6.61. The van der Waals surface area contributed by atoms with E-state index in [1.165, 1.54) is 0 Å². The molecule has 0 aliphatic rings. The van der Waals surface area contributed by atoms with E-state index in [2.05, 4.69) is 5.32 Å². The topological polar surface area (TPSA) is 41.6 Å². The van der Waals surface area contributed by atoms with Crippen LogP contribution in [0.25, 0.3) is 0 Å². The Morgan fingerprint density at radius 2 is 1.82 bits per heavy atom. The number of amides is 1. The average Bonchev–Trinajstić information content (AvgIpc) is 2.49. The normalized spacial score (nSPS) is 10.2. The molecular formula is C16H16Cl2N2O2. The maximum Gasteiger partial charge on any atom is 0.262 e. The number of carbonyl (C=O) groups excluding carboxylic acids is 1. The predicted molar refractivity (Wildman–Crippen MR) is 91.4 cm³/mol. The van der Waals surface area contributed by atoms with Crippen LogP contribution in [0.5, 0.6) is 5.75 Å². The second kappa shape index (κ2) is 7.38. The first-order valence-corrected chi connectivity index (χ1v) is 7.37. The average molecular weight is 339 g/mol. The number of benzene rings is 2. The summed E-state index contributed by atoms with van der Waals surface area (Å²) in [6, 6.07) is 12.5. The number of anilines is 2. The lowest BCUT2D eigenvalue weighted by Gasteiger charge is -2.13. The van der Waals surface area contributed by atoms with Gasteiger partial charge in [0.05, 0.1) is 5.02 Å². The molecule has 0 saturated carbocycles. The SMILES string of the molecule is CN(C)c1ccc(NC(=O)COc2cccc(Cl)c2Cl)cc1. The maximum atomic E-state index is 11.9. The molecule has 22 heavy (non-hydrogen) atoms. The number of nitrogens with one attached hydrogen (secondary N) is 1. The summed E-state index contributed by atoms with van der Waals surface area (Å²) in [6.07, 6.45) is 0. The fraction of sp³-hybridized carbons (Fsp3) is 0.188. The highest BCUT2D eigenvalue weighted by atomic mass is 35.5. The summed E-state index contributed by atoms with van der Waals surface area (Å²) in [5.74, 6) is 0.112. The molecule has 0 spiro atoms. The molecule has 116 valence electrons. The van der Waals surface area contributed by atoms with E-state index in [1.54, 1.807) is 18.2 Å². The second-order valence-corrected chi connectivity index (χ2v) is 5.62. The first kappa shape index (κ1) is 16.5. The molecular weight excluding hydrogens is 323 g/mol. The van der Waals surface area contributed by atoms with Crippen LogP contribution in [0.4, 0.5) is 11.4 Å². The van der Waals surface area contributed by atoms with Gasteiger partial charge in [0.1, 0.15) is 10.8 Å². The van der Waals surface area contributed by atoms with Crippen LogP contribution in [0.3, 0.4) is 0 Å². The smallest absolute Gasteiger partial charge is 0.262 e. The molecule has 2 aromatic rings. The minimum absolute atomic E-state index is 0.143. The summed E-state index contributed by atoms with van der Waals surface area (Å²) >= 11 is 11.9. The lowest BCUT2D eigenvalue weighted by molar-refractivity contribution is -0.118. The Kier molecular flexibility index (Phi) is 5.52. The third kappa shape index (κ3) is 4.29. The number of ether oxygens (including phenoxy) is 1. The van der Waals surface area contributed by atoms with Gasteiger partial charge in [0.25, 0.3) is 5.91 Å². The Bertz CT molecular complexity index is 658. The molecule has 0 fully saturated rings. The molecule has 0 atom stereocenters. The zero-order valence-electron chi connectivity index (χ0n) is 12.3. The van der Waals surface area contributed by atoms with Gasteiger partial charge in [0, 0.05) is 25.5 Å². The summed E-state index contributed by atoms with van der Waals surface area (Å²) in [4.78, 5) is 13.9. The van der Waals surface area contributed by atoms with Crippen molar-refractivity contribution in [3.05, 3.63) is 52.5 Å². The van der Waals surface area contributed by atoms with Crippen molar-refractivity contribution >= 4 is 40.5 Å². The molecule has 0 unspecified atom stereocenters. The Balaban J connectivity index is 1.91. The van der Waals surface area contributed by atoms with Crippen LogP contribution < -0.4 is 15.0 Å². The number of carbonyl (C=O) groups is 1. The summed E-state index contributed by atoms with van der Waals surface area (Å²) in [5.41, 5.74) is 1.76. The van der Waals surface area contributed by atoms with Crippen molar-refractivity contribution in [2.24, 2.45) is 0 Å². The van der Waals surface area contributed by atoms with E-state index in [4.69, 9.17) is 27.9 Å². The van der Waals surface area contributed by atoms with Crippen molar-refractivity contribution in [2.45, 2.75) is 0 Å². The highest BCUT2D eigenvalue weighted by molar-refractivity contribution is 6.42. The van der Waals surface area contributed by atoms with Crippen LogP contribution in [0.2, 0.25) is 10.0 Å². The van der Waals surface area contributed by atoms with Gasteiger partial charge < -0.3 is 15.0 Å². The van der Waals surface area contributed by atoms with E-state index in [1.807, 2.05) is 43.3 Å². The maximum absolute atomic E-state index is 11.9. The van der Waals surface area contributed by atoms with Gasteiger partial charge in [-0.2, -0.15) is 0 Å². The Morgan fingerprint density at radius 1 is 1.14 bits per heavy atom. The van der Waals surface area contributed by atoms with E-state index < -0.39 is 0 Å². The molecule has 0 aliphatic heterocycles. The molecule has 0 aliphatic carbocycles. The minimum Gasteiger partial charge on any atom is -0.482 e. The number of hydrogen-bond donors (Lipinski definition) is 1. The van der Waals surface area contributed by atoms with E-state index in [0.29, 0.717) is 21.5 Å². The lowest BCUT2D eigenvalue weighted by Crippen LogP contribution is -2.20. The van der Waals surface area contributed by atoms with Crippen LogP contribution in [0.15, 0.2) is 42.5 Å². The molecule has 0 radical (unpaired) electrons. The Hall–Kier alpha value is -1.91. The zero-order chi connectivity index (χ0) is 16.1. The molecule has 0 aromatic heterocycles. The molecule has 0 saturated heterocycles. The fourth-order valence-electron chi connectivity index (χ4n) is 1.78. The predicted octanol–water partition coefficient (Wildman–Crippen LogP) is 4.08. The minimum atomic E-state index is -0.270. The van der Waals surface area contributed by atoms with Gasteiger partial charge >= 0.3 is 0 Å². The van der Waals surface area contributed by atoms with Crippen molar-refractivity contribution in [3.8, 4) is 5.75 Å². The van der Waals surface area contributed by atoms with Crippen molar-refractivity contribution < 1.29 is 9.53 Å². The number of nitrogens with zero attached hydrogens (tertiary/aromatic N) is 1. The third-order valence-corrected chi connectivity index (χ3v) is 3.74. The van der Waals surface area contributed by atoms with Crippen molar-refractivity contribution in [2.75, 3.05) is 30.9 Å². The molecule has 0 heterocycles. The monoisotopic (exact) mass is 338 g/mol. The van der Waals surface area contributed by atoms with E-state index in [9.17, 15) is 4.79 Å². The van der Waals surface area contributed by atoms with Crippen LogP contribution >= 0.6 is 23.2 Å². The largest absolute Gasteiger partial charge is 0.482 e. The van der Waals surface area contributed by atoms with Crippen LogP contribution in [0, 0.1) is 0 Å². The van der Waals surface area contributed by atoms with Gasteiger partial charge in [-0.1, -0.05) is 29.3 Å². The molecule has 1 amide bonds. The van der Waals surface area contributed by atoms with Gasteiger partial charge in [-0.05, 0) is 36.4 Å². The van der Waals surface area contributed by atoms with E-state index in [-0.39, 0.29) is 12.5 Å². The van der Waals surface area contributed by atoms with Crippen molar-refractivity contribution in [1.82, 2.24) is 0 Å². The van der Waals surface area contributed by atoms with E-state index >= 15 is 0 Å². The number of hydrogen-bond acceptors (Lipinski definition) is 3. The van der Waals surface area contributed by atoms with Gasteiger partial charge in [-0.15, -0.1) is 0 Å². The van der Waals surface area contributed by atoms with E-state index in [0.717, 1.165) is 5.69 Å². The lowest BCUT2D eigenvalue weighted by atomic mass is 10.2. The fourth-order valence-corrected chi connectivity index (χ4v) is 2.13. The number of rotatable bonds is 5. The molecule has 0 bridgehead atoms. The number of halogens is 2. The van der Waals surface area contributed by atoms with Crippen molar-refractivity contribution in [3.63, 3.8) is 0 Å². The van der Waals surface area contributed by atoms with Gasteiger partial charge in [-0.25, -0.2) is 0 Å². The molecule has 2 aromatic carbocycles. The Labute approximate surface area is 139 Å². The molecule has 1 N–H and O–H groups in total. The van der Waals surface area contributed by atoms with Gasteiger partial charge in [-0.3, -0.25) is 4.79 Å². The van der Waals surface area contributed by atoms with Crippen LogP contribution in [-0.2, 0) is 4.79 Å². The zero-order valence-corrected chi connectivity index (χ0v) is 13.8. The highest BCUT2D eigenvalue weighted by Gasteiger charge is 2.08. The van der Waals surface area contributed by atoms with Gasteiger partial charge in [0.2, 0.25) is 0 Å². The van der Waals surface area contributed by atoms with Crippen LogP contribution in [0.1, 0.15) is 0 Å². The third-order valence-electron chi connectivity index (χ3n) is 2.94. The summed E-state index contributed by atoms with van der Waals surface area (Å²) in [6.45, 7) is -0.143. The summed E-state index contributed by atoms with van der Waals surface area (Å²) < 4.78 is 5.38. The quantitative estimate of drug-likeness (QED) is 0.893. The summed E-state index contributed by atoms with van der Waals surface area (Å²) in [7, 11) is 3.91. The first-order chi connectivity index (χ1) is 10.5. The molecule has 2 rings (SSSR count).